The van der Waals surface area contributed by atoms with Gasteiger partial charge in [0, 0.05) is 22.7 Å². The summed E-state index contributed by atoms with van der Waals surface area (Å²) in [5, 5.41) is 5.11. The lowest BCUT2D eigenvalue weighted by Gasteiger charge is -2.27. The predicted molar refractivity (Wildman–Crippen MR) is 133 cm³/mol. The zero-order valence-corrected chi connectivity index (χ0v) is 20.5. The number of likely N-dealkylation sites (tertiary alicyclic amines) is 1. The van der Waals surface area contributed by atoms with Gasteiger partial charge in [-0.1, -0.05) is 29.8 Å². The van der Waals surface area contributed by atoms with Gasteiger partial charge in [-0.25, -0.2) is 8.42 Å². The SMILES string of the molecule is Cc1ccc(NS(=O)(=O)c2ccc(C)c(C(=O)NC[C@H](c3cccs3)N3CCCC3)c2)cc1. The lowest BCUT2D eigenvalue weighted by atomic mass is 10.1. The largest absolute Gasteiger partial charge is 0.350 e. The van der Waals surface area contributed by atoms with E-state index in [9.17, 15) is 13.2 Å². The summed E-state index contributed by atoms with van der Waals surface area (Å²) in [6, 6.07) is 16.1. The minimum atomic E-state index is -3.82. The van der Waals surface area contributed by atoms with Crippen LogP contribution in [-0.2, 0) is 10.0 Å². The molecule has 1 saturated heterocycles. The quantitative estimate of drug-likeness (QED) is 0.485. The van der Waals surface area contributed by atoms with Crippen LogP contribution in [-0.4, -0.2) is 38.9 Å². The lowest BCUT2D eigenvalue weighted by molar-refractivity contribution is 0.0937. The Bertz CT molecular complexity index is 1200. The van der Waals surface area contributed by atoms with Gasteiger partial charge < -0.3 is 5.32 Å². The number of nitrogens with zero attached hydrogens (tertiary/aromatic N) is 1. The minimum absolute atomic E-state index is 0.0631. The molecule has 0 unspecified atom stereocenters. The zero-order chi connectivity index (χ0) is 23.4. The zero-order valence-electron chi connectivity index (χ0n) is 18.9. The van der Waals surface area contributed by atoms with Crippen LogP contribution >= 0.6 is 11.3 Å². The van der Waals surface area contributed by atoms with E-state index in [1.54, 1.807) is 29.5 Å². The molecule has 8 heteroatoms. The van der Waals surface area contributed by atoms with Crippen LogP contribution in [0.5, 0.6) is 0 Å². The number of sulfonamides is 1. The summed E-state index contributed by atoms with van der Waals surface area (Å²) in [4.78, 5) is 16.8. The Morgan fingerprint density at radius 3 is 2.45 bits per heavy atom. The maximum absolute atomic E-state index is 13.1. The van der Waals surface area contributed by atoms with Crippen LogP contribution in [0.25, 0.3) is 0 Å². The third kappa shape index (κ3) is 5.63. The monoisotopic (exact) mass is 483 g/mol. The number of thiophene rings is 1. The van der Waals surface area contributed by atoms with Gasteiger partial charge in [-0.3, -0.25) is 14.4 Å². The number of aryl methyl sites for hydroxylation is 2. The predicted octanol–water partition coefficient (Wildman–Crippen LogP) is 4.73. The average Bonchev–Trinajstić information content (AvgIpc) is 3.50. The Kier molecular flexibility index (Phi) is 7.17. The van der Waals surface area contributed by atoms with E-state index in [4.69, 9.17) is 0 Å². The second-order valence-electron chi connectivity index (χ2n) is 8.43. The van der Waals surface area contributed by atoms with Crippen LogP contribution in [0.3, 0.4) is 0 Å². The highest BCUT2D eigenvalue weighted by atomic mass is 32.2. The number of carbonyl (C=O) groups is 1. The normalized spacial score (nSPS) is 15.3. The Hall–Kier alpha value is -2.68. The number of carbonyl (C=O) groups excluding carboxylic acids is 1. The summed E-state index contributed by atoms with van der Waals surface area (Å²) in [5.74, 6) is -0.263. The topological polar surface area (TPSA) is 78.5 Å². The first-order valence-corrected chi connectivity index (χ1v) is 13.5. The van der Waals surface area contributed by atoms with Crippen LogP contribution in [0, 0.1) is 13.8 Å². The fraction of sp³-hybridized carbons (Fsp3) is 0.320. The van der Waals surface area contributed by atoms with Crippen molar-refractivity contribution in [2.45, 2.75) is 37.6 Å². The Morgan fingerprint density at radius 1 is 1.06 bits per heavy atom. The van der Waals surface area contributed by atoms with E-state index in [0.717, 1.165) is 24.2 Å². The molecule has 2 N–H and O–H groups in total. The minimum Gasteiger partial charge on any atom is -0.350 e. The molecule has 0 aliphatic carbocycles. The van der Waals surface area contributed by atoms with Gasteiger partial charge >= 0.3 is 0 Å². The van der Waals surface area contributed by atoms with Gasteiger partial charge in [-0.15, -0.1) is 11.3 Å². The second kappa shape index (κ2) is 10.1. The van der Waals surface area contributed by atoms with Gasteiger partial charge in [0.15, 0.2) is 0 Å². The fourth-order valence-electron chi connectivity index (χ4n) is 4.08. The smallest absolute Gasteiger partial charge is 0.261 e. The standard InChI is InChI=1S/C25H29N3O3S2/c1-18-7-10-20(11-8-18)27-33(30,31)21-12-9-19(2)22(16-21)25(29)26-17-23(24-6-5-15-32-24)28-13-3-4-14-28/h5-12,15-16,23,27H,3-4,13-14,17H2,1-2H3,(H,26,29)/t23-/m1/s1. The first kappa shape index (κ1) is 23.5. The highest BCUT2D eigenvalue weighted by Gasteiger charge is 2.25. The fourth-order valence-corrected chi connectivity index (χ4v) is 6.02. The summed E-state index contributed by atoms with van der Waals surface area (Å²) in [5.41, 5.74) is 2.63. The molecule has 3 aromatic rings. The maximum Gasteiger partial charge on any atom is 0.261 e. The van der Waals surface area contributed by atoms with Crippen molar-refractivity contribution in [1.29, 1.82) is 0 Å². The molecule has 0 saturated carbocycles. The van der Waals surface area contributed by atoms with Crippen molar-refractivity contribution >= 4 is 33.0 Å². The molecule has 174 valence electrons. The molecule has 1 atom stereocenters. The molecule has 4 rings (SSSR count). The van der Waals surface area contributed by atoms with Crippen molar-refractivity contribution in [1.82, 2.24) is 10.2 Å². The van der Waals surface area contributed by atoms with E-state index < -0.39 is 10.0 Å². The second-order valence-corrected chi connectivity index (χ2v) is 11.1. The molecule has 0 bridgehead atoms. The lowest BCUT2D eigenvalue weighted by Crippen LogP contribution is -2.36. The summed E-state index contributed by atoms with van der Waals surface area (Å²) in [7, 11) is -3.82. The van der Waals surface area contributed by atoms with Crippen LogP contribution in [0.1, 0.15) is 45.2 Å². The molecule has 1 aromatic heterocycles. The molecule has 1 aliphatic heterocycles. The third-order valence-electron chi connectivity index (χ3n) is 5.98. The number of anilines is 1. The first-order chi connectivity index (χ1) is 15.8. The molecule has 1 amide bonds. The number of hydrogen-bond donors (Lipinski definition) is 2. The highest BCUT2D eigenvalue weighted by Crippen LogP contribution is 2.28. The molecule has 0 spiro atoms. The molecule has 2 aromatic carbocycles. The molecule has 1 fully saturated rings. The van der Waals surface area contributed by atoms with Gasteiger partial charge in [0.2, 0.25) is 0 Å². The van der Waals surface area contributed by atoms with E-state index in [2.05, 4.69) is 26.4 Å². The molecule has 33 heavy (non-hydrogen) atoms. The molecule has 0 radical (unpaired) electrons. The van der Waals surface area contributed by atoms with Crippen molar-refractivity contribution in [3.8, 4) is 0 Å². The van der Waals surface area contributed by atoms with Crippen LogP contribution in [0.4, 0.5) is 5.69 Å². The Labute approximate surface area is 199 Å². The first-order valence-electron chi connectivity index (χ1n) is 11.1. The maximum atomic E-state index is 13.1. The molecule has 2 heterocycles. The molecule has 6 nitrogen and oxygen atoms in total. The Morgan fingerprint density at radius 2 is 1.79 bits per heavy atom. The van der Waals surface area contributed by atoms with Gasteiger partial charge in [0.05, 0.1) is 10.9 Å². The number of hydrogen-bond acceptors (Lipinski definition) is 5. The van der Waals surface area contributed by atoms with E-state index in [1.165, 1.54) is 29.9 Å². The third-order valence-corrected chi connectivity index (χ3v) is 8.33. The number of benzene rings is 2. The van der Waals surface area contributed by atoms with Gasteiger partial charge in [-0.05, 0) is 81.1 Å². The summed E-state index contributed by atoms with van der Waals surface area (Å²) < 4.78 is 28.4. The number of amides is 1. The van der Waals surface area contributed by atoms with Crippen molar-refractivity contribution < 1.29 is 13.2 Å². The van der Waals surface area contributed by atoms with E-state index >= 15 is 0 Å². The van der Waals surface area contributed by atoms with Gasteiger partial charge in [0.25, 0.3) is 15.9 Å². The highest BCUT2D eigenvalue weighted by molar-refractivity contribution is 7.92. The molecular formula is C25H29N3O3S2. The van der Waals surface area contributed by atoms with E-state index in [0.29, 0.717) is 17.8 Å². The van der Waals surface area contributed by atoms with Crippen molar-refractivity contribution in [3.63, 3.8) is 0 Å². The van der Waals surface area contributed by atoms with Crippen molar-refractivity contribution in [2.24, 2.45) is 0 Å². The average molecular weight is 484 g/mol. The van der Waals surface area contributed by atoms with Crippen LogP contribution in [0.2, 0.25) is 0 Å². The Balaban J connectivity index is 1.50. The van der Waals surface area contributed by atoms with Crippen LogP contribution < -0.4 is 10.0 Å². The summed E-state index contributed by atoms with van der Waals surface area (Å²) in [6.45, 7) is 6.29. The van der Waals surface area contributed by atoms with Gasteiger partial charge in [-0.2, -0.15) is 0 Å². The van der Waals surface area contributed by atoms with E-state index in [1.807, 2.05) is 32.0 Å². The van der Waals surface area contributed by atoms with Crippen molar-refractivity contribution in [3.05, 3.63) is 81.5 Å². The van der Waals surface area contributed by atoms with Crippen molar-refractivity contribution in [2.75, 3.05) is 24.4 Å². The van der Waals surface area contributed by atoms with E-state index in [-0.39, 0.29) is 16.8 Å². The number of nitrogens with one attached hydrogen (secondary N) is 2. The van der Waals surface area contributed by atoms with Crippen LogP contribution in [0.15, 0.2) is 64.9 Å². The van der Waals surface area contributed by atoms with Gasteiger partial charge in [0.1, 0.15) is 0 Å². The summed E-state index contributed by atoms with van der Waals surface area (Å²) >= 11 is 1.70. The molecule has 1 aliphatic rings. The molecular weight excluding hydrogens is 454 g/mol. The summed E-state index contributed by atoms with van der Waals surface area (Å²) in [6.07, 6.45) is 2.34. The number of rotatable bonds is 8.